The zero-order valence-corrected chi connectivity index (χ0v) is 29.9. The summed E-state index contributed by atoms with van der Waals surface area (Å²) in [6.45, 7) is 9.10. The molecule has 2 heterocycles. The predicted octanol–water partition coefficient (Wildman–Crippen LogP) is 13.5. The van der Waals surface area contributed by atoms with Crippen molar-refractivity contribution in [2.75, 3.05) is 4.90 Å². The van der Waals surface area contributed by atoms with Crippen molar-refractivity contribution in [1.82, 2.24) is 9.55 Å². The van der Waals surface area contributed by atoms with Crippen LogP contribution in [0.4, 0.5) is 17.1 Å². The molecule has 0 radical (unpaired) electrons. The summed E-state index contributed by atoms with van der Waals surface area (Å²) in [5.74, 6) is 0. The Balaban J connectivity index is 1.14. The SMILES string of the molecule is C/C=C\C=C(/C)n1c2ccccc2c2cc(-c3ccc(N(c4ccc5c(c4)C(C)(C)C4=C5CCCC4)c4ccc5ncccc5c4)cc3)ccc21. The van der Waals surface area contributed by atoms with Gasteiger partial charge in [0.25, 0.3) is 0 Å². The zero-order valence-electron chi connectivity index (χ0n) is 29.9. The quantitative estimate of drug-likeness (QED) is 0.165. The van der Waals surface area contributed by atoms with Crippen molar-refractivity contribution in [1.29, 1.82) is 0 Å². The van der Waals surface area contributed by atoms with Gasteiger partial charge in [-0.05, 0) is 140 Å². The van der Waals surface area contributed by atoms with E-state index in [1.54, 1.807) is 11.1 Å². The molecule has 0 amide bonds. The Kier molecular flexibility index (Phi) is 7.54. The van der Waals surface area contributed by atoms with Gasteiger partial charge in [-0.1, -0.05) is 80.1 Å². The maximum absolute atomic E-state index is 4.61. The molecule has 2 aliphatic carbocycles. The van der Waals surface area contributed by atoms with E-state index in [1.807, 2.05) is 12.3 Å². The van der Waals surface area contributed by atoms with Gasteiger partial charge in [-0.15, -0.1) is 0 Å². The molecule has 7 aromatic rings. The van der Waals surface area contributed by atoms with Crippen molar-refractivity contribution < 1.29 is 0 Å². The molecular weight excluding hydrogens is 619 g/mol. The average molecular weight is 662 g/mol. The van der Waals surface area contributed by atoms with E-state index in [9.17, 15) is 0 Å². The standard InChI is InChI=1S/C48H43N3/c1-5-6-12-32(2)50-46-17-10-8-15-41(46)42-30-34(20-27-47(42)50)33-18-21-36(22-19-33)51(37-24-26-45-35(29-37)13-11-28-49-45)38-23-25-40-39-14-7-9-16-43(39)48(3,4)44(40)31-38/h5-6,8,10-13,15,17-31H,7,9,14,16H2,1-4H3/b6-5-,32-12+. The van der Waals surface area contributed by atoms with E-state index in [1.165, 1.54) is 81.1 Å². The summed E-state index contributed by atoms with van der Waals surface area (Å²) < 4.78 is 2.37. The third kappa shape index (κ3) is 5.14. The number of rotatable bonds is 6. The molecule has 250 valence electrons. The summed E-state index contributed by atoms with van der Waals surface area (Å²) in [6, 6.07) is 42.7. The second kappa shape index (κ2) is 12.3. The maximum Gasteiger partial charge on any atom is 0.0703 e. The molecule has 3 heteroatoms. The minimum absolute atomic E-state index is 0.0483. The van der Waals surface area contributed by atoms with Gasteiger partial charge in [-0.3, -0.25) is 4.98 Å². The number of pyridine rings is 1. The predicted molar refractivity (Wildman–Crippen MR) is 218 cm³/mol. The van der Waals surface area contributed by atoms with Gasteiger partial charge in [0, 0.05) is 50.5 Å². The van der Waals surface area contributed by atoms with Gasteiger partial charge in [0.2, 0.25) is 0 Å². The molecular formula is C48H43N3. The number of fused-ring (bicyclic) bond motifs is 6. The first kappa shape index (κ1) is 31.3. The van der Waals surface area contributed by atoms with Gasteiger partial charge in [0.15, 0.2) is 0 Å². The molecule has 3 nitrogen and oxygen atoms in total. The molecule has 2 aromatic heterocycles. The largest absolute Gasteiger partial charge is 0.313 e. The van der Waals surface area contributed by atoms with Gasteiger partial charge in [-0.2, -0.15) is 0 Å². The normalized spacial score (nSPS) is 15.6. The fraction of sp³-hybridized carbons (Fsp3) is 0.188. The highest BCUT2D eigenvalue weighted by Gasteiger charge is 2.38. The minimum Gasteiger partial charge on any atom is -0.313 e. The number of para-hydroxylation sites is 1. The molecule has 0 saturated carbocycles. The Bertz CT molecular complexity index is 2570. The third-order valence-corrected chi connectivity index (χ3v) is 11.3. The van der Waals surface area contributed by atoms with Gasteiger partial charge in [0.1, 0.15) is 0 Å². The first-order valence-electron chi connectivity index (χ1n) is 18.4. The van der Waals surface area contributed by atoms with Crippen molar-refractivity contribution in [2.24, 2.45) is 0 Å². The summed E-state index contributed by atoms with van der Waals surface area (Å²) in [4.78, 5) is 7.03. The maximum atomic E-state index is 4.61. The van der Waals surface area contributed by atoms with Crippen molar-refractivity contribution in [3.05, 3.63) is 156 Å². The Hall–Kier alpha value is -5.67. The summed E-state index contributed by atoms with van der Waals surface area (Å²) in [7, 11) is 0. The smallest absolute Gasteiger partial charge is 0.0703 e. The first-order valence-corrected chi connectivity index (χ1v) is 18.4. The van der Waals surface area contributed by atoms with Crippen LogP contribution in [-0.4, -0.2) is 9.55 Å². The van der Waals surface area contributed by atoms with E-state index in [0.29, 0.717) is 0 Å². The molecule has 0 N–H and O–H groups in total. The van der Waals surface area contributed by atoms with Gasteiger partial charge in [-0.25, -0.2) is 0 Å². The van der Waals surface area contributed by atoms with Crippen LogP contribution in [0.2, 0.25) is 0 Å². The molecule has 0 atom stereocenters. The van der Waals surface area contributed by atoms with E-state index >= 15 is 0 Å². The fourth-order valence-electron chi connectivity index (χ4n) is 8.80. The van der Waals surface area contributed by atoms with Gasteiger partial charge >= 0.3 is 0 Å². The molecule has 0 fully saturated rings. The molecule has 9 rings (SSSR count). The van der Waals surface area contributed by atoms with E-state index in [4.69, 9.17) is 0 Å². The summed E-state index contributed by atoms with van der Waals surface area (Å²) in [5.41, 5.74) is 16.8. The topological polar surface area (TPSA) is 21.1 Å². The van der Waals surface area contributed by atoms with Crippen LogP contribution in [0.15, 0.2) is 145 Å². The summed E-state index contributed by atoms with van der Waals surface area (Å²) >= 11 is 0. The van der Waals surface area contributed by atoms with Crippen LogP contribution in [0.25, 0.3) is 55.1 Å². The van der Waals surface area contributed by atoms with Crippen molar-refractivity contribution >= 4 is 61.0 Å². The lowest BCUT2D eigenvalue weighted by Gasteiger charge is -2.29. The van der Waals surface area contributed by atoms with Crippen LogP contribution in [0.3, 0.4) is 0 Å². The highest BCUT2D eigenvalue weighted by molar-refractivity contribution is 6.11. The molecule has 0 spiro atoms. The highest BCUT2D eigenvalue weighted by atomic mass is 15.1. The monoisotopic (exact) mass is 661 g/mol. The van der Waals surface area contributed by atoms with Crippen LogP contribution in [0.5, 0.6) is 0 Å². The Morgan fingerprint density at radius 2 is 1.47 bits per heavy atom. The molecule has 5 aromatic carbocycles. The second-order valence-corrected chi connectivity index (χ2v) is 14.7. The zero-order chi connectivity index (χ0) is 34.7. The second-order valence-electron chi connectivity index (χ2n) is 14.7. The van der Waals surface area contributed by atoms with Crippen molar-refractivity contribution in [3.8, 4) is 11.1 Å². The van der Waals surface area contributed by atoms with Crippen molar-refractivity contribution in [3.63, 3.8) is 0 Å². The third-order valence-electron chi connectivity index (χ3n) is 11.3. The minimum atomic E-state index is 0.0483. The Labute approximate surface area is 300 Å². The molecule has 2 aliphatic rings. The lowest BCUT2D eigenvalue weighted by molar-refractivity contribution is 0.574. The number of hydrogen-bond donors (Lipinski definition) is 0. The highest BCUT2D eigenvalue weighted by Crippen LogP contribution is 2.53. The van der Waals surface area contributed by atoms with Crippen LogP contribution in [-0.2, 0) is 5.41 Å². The Morgan fingerprint density at radius 3 is 2.33 bits per heavy atom. The molecule has 0 unspecified atom stereocenters. The number of nitrogens with zero attached hydrogens (tertiary/aromatic N) is 3. The van der Waals surface area contributed by atoms with E-state index in [0.717, 1.165) is 22.3 Å². The van der Waals surface area contributed by atoms with E-state index in [-0.39, 0.29) is 5.41 Å². The van der Waals surface area contributed by atoms with Crippen molar-refractivity contribution in [2.45, 2.75) is 58.8 Å². The average Bonchev–Trinajstić information content (AvgIpc) is 3.62. The molecule has 0 saturated heterocycles. The summed E-state index contributed by atoms with van der Waals surface area (Å²) in [5, 5.41) is 3.68. The first-order chi connectivity index (χ1) is 24.9. The van der Waals surface area contributed by atoms with Crippen LogP contribution < -0.4 is 4.90 Å². The number of benzene rings is 5. The van der Waals surface area contributed by atoms with Crippen LogP contribution in [0.1, 0.15) is 64.5 Å². The number of anilines is 3. The molecule has 51 heavy (non-hydrogen) atoms. The molecule has 0 bridgehead atoms. The fourth-order valence-corrected chi connectivity index (χ4v) is 8.80. The summed E-state index contributed by atoms with van der Waals surface area (Å²) in [6.07, 6.45) is 13.2. The Morgan fingerprint density at radius 1 is 0.725 bits per heavy atom. The number of hydrogen-bond acceptors (Lipinski definition) is 2. The van der Waals surface area contributed by atoms with Gasteiger partial charge < -0.3 is 9.47 Å². The van der Waals surface area contributed by atoms with E-state index in [2.05, 4.69) is 170 Å². The number of aromatic nitrogens is 2. The lowest BCUT2D eigenvalue weighted by atomic mass is 9.77. The number of allylic oxidation sites excluding steroid dienone is 6. The van der Waals surface area contributed by atoms with Gasteiger partial charge in [0.05, 0.1) is 16.6 Å². The lowest BCUT2D eigenvalue weighted by Crippen LogP contribution is -2.19. The van der Waals surface area contributed by atoms with Crippen LogP contribution in [0, 0.1) is 0 Å². The molecule has 0 aliphatic heterocycles. The van der Waals surface area contributed by atoms with E-state index < -0.39 is 0 Å². The van der Waals surface area contributed by atoms with Crippen LogP contribution >= 0.6 is 0 Å².